The van der Waals surface area contributed by atoms with Crippen LogP contribution in [0.4, 0.5) is 5.69 Å². The Morgan fingerprint density at radius 1 is 1.17 bits per heavy atom. The summed E-state index contributed by atoms with van der Waals surface area (Å²) in [5.74, 6) is 1.71. The largest absolute Gasteiger partial charge is 0.461 e. The number of hydrogen-bond donors (Lipinski definition) is 1. The third-order valence-electron chi connectivity index (χ3n) is 5.56. The van der Waals surface area contributed by atoms with Crippen LogP contribution in [0.3, 0.4) is 0 Å². The molecule has 1 aromatic carbocycles. The van der Waals surface area contributed by atoms with E-state index in [9.17, 15) is 4.79 Å². The minimum Gasteiger partial charge on any atom is -0.461 e. The van der Waals surface area contributed by atoms with Gasteiger partial charge in [0.2, 0.25) is 11.7 Å². The van der Waals surface area contributed by atoms with Crippen molar-refractivity contribution < 1.29 is 9.21 Å². The Labute approximate surface area is 175 Å². The molecule has 1 aliphatic carbocycles. The van der Waals surface area contributed by atoms with Crippen molar-refractivity contribution in [3.63, 3.8) is 0 Å². The van der Waals surface area contributed by atoms with E-state index in [1.165, 1.54) is 31.0 Å². The van der Waals surface area contributed by atoms with E-state index in [4.69, 9.17) is 4.42 Å². The molecule has 0 bridgehead atoms. The lowest BCUT2D eigenvalue weighted by Crippen LogP contribution is -2.17. The molecule has 0 aliphatic heterocycles. The first-order chi connectivity index (χ1) is 14.1. The maximum atomic E-state index is 12.6. The number of aromatic nitrogens is 3. The Hall–Kier alpha value is -2.54. The van der Waals surface area contributed by atoms with E-state index in [1.807, 2.05) is 44.2 Å². The molecule has 2 aromatic heterocycles. The van der Waals surface area contributed by atoms with Crippen LogP contribution in [0, 0.1) is 13.8 Å². The number of carbonyl (C=O) groups is 1. The van der Waals surface area contributed by atoms with Crippen LogP contribution in [-0.2, 0) is 4.79 Å². The van der Waals surface area contributed by atoms with Gasteiger partial charge >= 0.3 is 0 Å². The lowest BCUT2D eigenvalue weighted by molar-refractivity contribution is -0.113. The fourth-order valence-corrected chi connectivity index (χ4v) is 4.63. The van der Waals surface area contributed by atoms with Crippen LogP contribution in [0.15, 0.2) is 46.2 Å². The van der Waals surface area contributed by atoms with E-state index in [1.54, 1.807) is 6.26 Å². The molecule has 3 aromatic rings. The molecule has 2 heterocycles. The minimum absolute atomic E-state index is 0.0403. The van der Waals surface area contributed by atoms with Crippen molar-refractivity contribution in [1.82, 2.24) is 14.8 Å². The summed E-state index contributed by atoms with van der Waals surface area (Å²) in [7, 11) is 0. The van der Waals surface area contributed by atoms with Crippen LogP contribution >= 0.6 is 11.8 Å². The summed E-state index contributed by atoms with van der Waals surface area (Å²) in [5, 5.41) is 12.6. The Kier molecular flexibility index (Phi) is 6.04. The molecule has 1 saturated carbocycles. The lowest BCUT2D eigenvalue weighted by atomic mass is 9.95. The van der Waals surface area contributed by atoms with Gasteiger partial charge in [0.25, 0.3) is 0 Å². The molecule has 0 atom stereocenters. The zero-order valence-corrected chi connectivity index (χ0v) is 17.7. The van der Waals surface area contributed by atoms with E-state index in [-0.39, 0.29) is 11.7 Å². The van der Waals surface area contributed by atoms with Gasteiger partial charge in [-0.15, -0.1) is 10.2 Å². The van der Waals surface area contributed by atoms with Crippen molar-refractivity contribution in [2.75, 3.05) is 11.1 Å². The van der Waals surface area contributed by atoms with Gasteiger partial charge in [0, 0.05) is 11.7 Å². The van der Waals surface area contributed by atoms with Crippen molar-refractivity contribution in [2.24, 2.45) is 0 Å². The molecule has 0 unspecified atom stereocenters. The van der Waals surface area contributed by atoms with Crippen LogP contribution in [0.2, 0.25) is 0 Å². The van der Waals surface area contributed by atoms with Gasteiger partial charge in [0.1, 0.15) is 0 Å². The zero-order valence-electron chi connectivity index (χ0n) is 16.9. The van der Waals surface area contributed by atoms with Crippen LogP contribution in [0.5, 0.6) is 0 Å². The normalized spacial score (nSPS) is 14.8. The number of rotatable bonds is 6. The second-order valence-electron chi connectivity index (χ2n) is 7.53. The maximum Gasteiger partial charge on any atom is 0.234 e. The van der Waals surface area contributed by atoms with Gasteiger partial charge in [-0.2, -0.15) is 0 Å². The molecule has 152 valence electrons. The molecule has 29 heavy (non-hydrogen) atoms. The minimum atomic E-state index is -0.0403. The predicted molar refractivity (Wildman–Crippen MR) is 115 cm³/mol. The first-order valence-electron chi connectivity index (χ1n) is 10.1. The number of thioether (sulfide) groups is 1. The third kappa shape index (κ3) is 4.40. The van der Waals surface area contributed by atoms with Crippen LogP contribution in [-0.4, -0.2) is 26.4 Å². The van der Waals surface area contributed by atoms with Crippen molar-refractivity contribution in [3.05, 3.63) is 47.7 Å². The number of aryl methyl sites for hydroxylation is 1. The molecular formula is C22H26N4O2S. The molecule has 1 N–H and O–H groups in total. The molecule has 7 heteroatoms. The Morgan fingerprint density at radius 2 is 2.00 bits per heavy atom. The summed E-state index contributed by atoms with van der Waals surface area (Å²) in [6, 6.07) is 10.1. The molecule has 0 radical (unpaired) electrons. The second kappa shape index (κ2) is 8.86. The number of nitrogens with one attached hydrogen (secondary N) is 1. The van der Waals surface area contributed by atoms with Gasteiger partial charge < -0.3 is 9.73 Å². The molecule has 0 saturated heterocycles. The number of amides is 1. The molecule has 6 nitrogen and oxygen atoms in total. The Balaban J connectivity index is 1.51. The van der Waals surface area contributed by atoms with Crippen LogP contribution < -0.4 is 5.32 Å². The fourth-order valence-electron chi connectivity index (χ4n) is 3.82. The number of benzene rings is 1. The van der Waals surface area contributed by atoms with Crippen LogP contribution in [0.25, 0.3) is 11.6 Å². The van der Waals surface area contributed by atoms with E-state index < -0.39 is 0 Å². The Morgan fingerprint density at radius 3 is 2.76 bits per heavy atom. The van der Waals surface area contributed by atoms with Crippen molar-refractivity contribution in [3.8, 4) is 11.6 Å². The highest BCUT2D eigenvalue weighted by atomic mass is 32.2. The molecule has 0 spiro atoms. The van der Waals surface area contributed by atoms with Gasteiger partial charge in [-0.1, -0.05) is 43.2 Å². The SMILES string of the molecule is Cc1cccc(NC(=O)CSc2nnc(-c3ccco3)n2C2CCCCC2)c1C. The highest BCUT2D eigenvalue weighted by Gasteiger charge is 2.25. The second-order valence-corrected chi connectivity index (χ2v) is 8.47. The lowest BCUT2D eigenvalue weighted by Gasteiger charge is -2.25. The monoisotopic (exact) mass is 410 g/mol. The van der Waals surface area contributed by atoms with Gasteiger partial charge in [0.05, 0.1) is 12.0 Å². The maximum absolute atomic E-state index is 12.6. The average molecular weight is 411 g/mol. The standard InChI is InChI=1S/C22H26N4O2S/c1-15-8-6-11-18(16(15)2)23-20(27)14-29-22-25-24-21(19-12-7-13-28-19)26(22)17-9-4-3-5-10-17/h6-8,11-13,17H,3-5,9-10,14H2,1-2H3,(H,23,27). The number of nitrogens with zero attached hydrogens (tertiary/aromatic N) is 3. The highest BCUT2D eigenvalue weighted by molar-refractivity contribution is 7.99. The Bertz CT molecular complexity index is 975. The van der Waals surface area contributed by atoms with Gasteiger partial charge in [-0.25, -0.2) is 0 Å². The van der Waals surface area contributed by atoms with E-state index >= 15 is 0 Å². The summed E-state index contributed by atoms with van der Waals surface area (Å²) in [4.78, 5) is 12.6. The summed E-state index contributed by atoms with van der Waals surface area (Å²) < 4.78 is 7.76. The average Bonchev–Trinajstić information content (AvgIpc) is 3.40. The van der Waals surface area contributed by atoms with Crippen molar-refractivity contribution in [1.29, 1.82) is 0 Å². The summed E-state index contributed by atoms with van der Waals surface area (Å²) in [5.41, 5.74) is 3.12. The number of anilines is 1. The summed E-state index contributed by atoms with van der Waals surface area (Å²) >= 11 is 1.43. The van der Waals surface area contributed by atoms with Crippen LogP contribution in [0.1, 0.15) is 49.3 Å². The molecular weight excluding hydrogens is 384 g/mol. The predicted octanol–water partition coefficient (Wildman–Crippen LogP) is 5.39. The number of furan rings is 1. The number of hydrogen-bond acceptors (Lipinski definition) is 5. The topological polar surface area (TPSA) is 73.0 Å². The zero-order chi connectivity index (χ0) is 20.2. The molecule has 1 amide bonds. The molecule has 1 aliphatic rings. The molecule has 4 rings (SSSR count). The van der Waals surface area contributed by atoms with Gasteiger partial charge in [0.15, 0.2) is 10.9 Å². The first kappa shape index (κ1) is 19.8. The van der Waals surface area contributed by atoms with E-state index in [0.717, 1.165) is 46.4 Å². The summed E-state index contributed by atoms with van der Waals surface area (Å²) in [6.07, 6.45) is 7.55. The van der Waals surface area contributed by atoms with Gasteiger partial charge in [-0.3, -0.25) is 9.36 Å². The molecule has 1 fully saturated rings. The van der Waals surface area contributed by atoms with E-state index in [0.29, 0.717) is 6.04 Å². The fraction of sp³-hybridized carbons (Fsp3) is 0.409. The quantitative estimate of drug-likeness (QED) is 0.552. The summed E-state index contributed by atoms with van der Waals surface area (Å²) in [6.45, 7) is 4.07. The first-order valence-corrected chi connectivity index (χ1v) is 11.1. The third-order valence-corrected chi connectivity index (χ3v) is 6.50. The van der Waals surface area contributed by atoms with Crippen molar-refractivity contribution in [2.45, 2.75) is 57.1 Å². The highest BCUT2D eigenvalue weighted by Crippen LogP contribution is 2.35. The number of carbonyl (C=O) groups excluding carboxylic acids is 1. The van der Waals surface area contributed by atoms with Gasteiger partial charge in [-0.05, 0) is 56.0 Å². The van der Waals surface area contributed by atoms with Crippen molar-refractivity contribution >= 4 is 23.4 Å². The smallest absolute Gasteiger partial charge is 0.234 e. The van der Waals surface area contributed by atoms with E-state index in [2.05, 4.69) is 20.1 Å².